The molecule has 0 fully saturated rings. The Morgan fingerprint density at radius 1 is 1.26 bits per heavy atom. The Labute approximate surface area is 113 Å². The van der Waals surface area contributed by atoms with Gasteiger partial charge in [-0.25, -0.2) is 0 Å². The van der Waals surface area contributed by atoms with Crippen LogP contribution >= 0.6 is 0 Å². The Kier molecular flexibility index (Phi) is 5.48. The van der Waals surface area contributed by atoms with Crippen LogP contribution in [0.1, 0.15) is 42.6 Å². The fourth-order valence-corrected chi connectivity index (χ4v) is 2.03. The lowest BCUT2D eigenvalue weighted by atomic mass is 10.1. The number of carbonyl (C=O) groups excluding carboxylic acids is 1. The first kappa shape index (κ1) is 15.1. The predicted octanol–water partition coefficient (Wildman–Crippen LogP) is 3.17. The van der Waals surface area contributed by atoms with Crippen molar-refractivity contribution in [2.24, 2.45) is 0 Å². The Bertz CT molecular complexity index is 466. The number of nitro benzene ring substituents is 1. The third kappa shape index (κ3) is 3.77. The van der Waals surface area contributed by atoms with Crippen LogP contribution in [0.3, 0.4) is 0 Å². The normalized spacial score (nSPS) is 10.3. The minimum Gasteiger partial charge on any atom is -0.339 e. The van der Waals surface area contributed by atoms with Crippen molar-refractivity contribution in [3.05, 3.63) is 39.4 Å². The van der Waals surface area contributed by atoms with Crippen molar-refractivity contribution in [3.63, 3.8) is 0 Å². The summed E-state index contributed by atoms with van der Waals surface area (Å²) in [6.45, 7) is 7.12. The minimum absolute atomic E-state index is 0.0501. The van der Waals surface area contributed by atoms with Crippen molar-refractivity contribution in [1.82, 2.24) is 4.90 Å². The monoisotopic (exact) mass is 264 g/mol. The molecule has 0 radical (unpaired) electrons. The molecule has 5 nitrogen and oxygen atoms in total. The summed E-state index contributed by atoms with van der Waals surface area (Å²) in [6.07, 6.45) is 1.80. The van der Waals surface area contributed by atoms with E-state index in [9.17, 15) is 14.9 Å². The molecule has 0 bridgehead atoms. The Balaban J connectivity index is 2.98. The largest absolute Gasteiger partial charge is 0.339 e. The summed E-state index contributed by atoms with van der Waals surface area (Å²) in [4.78, 5) is 24.4. The van der Waals surface area contributed by atoms with Crippen LogP contribution in [0.2, 0.25) is 0 Å². The second-order valence-corrected chi connectivity index (χ2v) is 4.55. The number of amides is 1. The molecular formula is C14H20N2O3. The summed E-state index contributed by atoms with van der Waals surface area (Å²) in [6, 6.07) is 4.53. The van der Waals surface area contributed by atoms with Crippen molar-refractivity contribution < 1.29 is 9.72 Å². The number of nitro groups is 1. The molecule has 0 aromatic heterocycles. The molecule has 19 heavy (non-hydrogen) atoms. The van der Waals surface area contributed by atoms with Crippen molar-refractivity contribution in [1.29, 1.82) is 0 Å². The van der Waals surface area contributed by atoms with E-state index in [1.165, 1.54) is 12.1 Å². The number of hydrogen-bond acceptors (Lipinski definition) is 3. The number of carbonyl (C=O) groups is 1. The van der Waals surface area contributed by atoms with Crippen LogP contribution < -0.4 is 0 Å². The summed E-state index contributed by atoms with van der Waals surface area (Å²) in [5, 5.41) is 10.8. The van der Waals surface area contributed by atoms with Gasteiger partial charge in [0.2, 0.25) is 0 Å². The lowest BCUT2D eigenvalue weighted by molar-refractivity contribution is -0.385. The molecule has 0 atom stereocenters. The van der Waals surface area contributed by atoms with Crippen LogP contribution in [0.5, 0.6) is 0 Å². The highest BCUT2D eigenvalue weighted by molar-refractivity contribution is 5.94. The van der Waals surface area contributed by atoms with E-state index in [1.807, 2.05) is 13.8 Å². The molecule has 104 valence electrons. The second-order valence-electron chi connectivity index (χ2n) is 4.55. The van der Waals surface area contributed by atoms with E-state index in [-0.39, 0.29) is 11.6 Å². The Hall–Kier alpha value is -1.91. The van der Waals surface area contributed by atoms with Crippen LogP contribution in [0.4, 0.5) is 5.69 Å². The Morgan fingerprint density at radius 2 is 1.84 bits per heavy atom. The van der Waals surface area contributed by atoms with Gasteiger partial charge in [-0.3, -0.25) is 14.9 Å². The standard InChI is InChI=1S/C14H20N2O3/c1-4-8-15(9-5-2)14(17)12-6-7-13(16(18)19)11(3)10-12/h6-7,10H,4-5,8-9H2,1-3H3. The SMILES string of the molecule is CCCN(CCC)C(=O)c1ccc([N+](=O)[O-])c(C)c1. The van der Waals surface area contributed by atoms with Crippen molar-refractivity contribution in [2.45, 2.75) is 33.6 Å². The zero-order valence-corrected chi connectivity index (χ0v) is 11.7. The van der Waals surface area contributed by atoms with Gasteiger partial charge in [0.05, 0.1) is 4.92 Å². The molecule has 5 heteroatoms. The average Bonchev–Trinajstić information content (AvgIpc) is 2.37. The van der Waals surface area contributed by atoms with E-state index in [4.69, 9.17) is 0 Å². The Morgan fingerprint density at radius 3 is 2.26 bits per heavy atom. The van der Waals surface area contributed by atoms with Crippen LogP contribution in [-0.2, 0) is 0 Å². The quantitative estimate of drug-likeness (QED) is 0.585. The van der Waals surface area contributed by atoms with Crippen LogP contribution in [-0.4, -0.2) is 28.8 Å². The lowest BCUT2D eigenvalue weighted by Crippen LogP contribution is -2.32. The highest BCUT2D eigenvalue weighted by atomic mass is 16.6. The zero-order chi connectivity index (χ0) is 14.4. The molecule has 0 aliphatic rings. The first-order valence-electron chi connectivity index (χ1n) is 6.55. The highest BCUT2D eigenvalue weighted by Crippen LogP contribution is 2.19. The van der Waals surface area contributed by atoms with Gasteiger partial charge < -0.3 is 4.90 Å². The fourth-order valence-electron chi connectivity index (χ4n) is 2.03. The topological polar surface area (TPSA) is 63.5 Å². The number of hydrogen-bond donors (Lipinski definition) is 0. The summed E-state index contributed by atoms with van der Waals surface area (Å²) in [5.41, 5.74) is 1.09. The van der Waals surface area contributed by atoms with Crippen molar-refractivity contribution in [3.8, 4) is 0 Å². The number of aryl methyl sites for hydroxylation is 1. The van der Waals surface area contributed by atoms with Crippen LogP contribution in [0.15, 0.2) is 18.2 Å². The molecular weight excluding hydrogens is 244 g/mol. The van der Waals surface area contributed by atoms with Gasteiger partial charge in [-0.1, -0.05) is 13.8 Å². The maximum atomic E-state index is 12.3. The molecule has 0 aliphatic heterocycles. The van der Waals surface area contributed by atoms with E-state index < -0.39 is 4.92 Å². The lowest BCUT2D eigenvalue weighted by Gasteiger charge is -2.21. The molecule has 1 amide bonds. The molecule has 0 aliphatic carbocycles. The van der Waals surface area contributed by atoms with Crippen LogP contribution in [0, 0.1) is 17.0 Å². The first-order valence-corrected chi connectivity index (χ1v) is 6.55. The van der Waals surface area contributed by atoms with Gasteiger partial charge in [0, 0.05) is 30.3 Å². The summed E-state index contributed by atoms with van der Waals surface area (Å²) >= 11 is 0. The maximum Gasteiger partial charge on any atom is 0.272 e. The van der Waals surface area contributed by atoms with Crippen LogP contribution in [0.25, 0.3) is 0 Å². The van der Waals surface area contributed by atoms with Gasteiger partial charge in [0.25, 0.3) is 11.6 Å². The minimum atomic E-state index is -0.431. The third-order valence-electron chi connectivity index (χ3n) is 2.91. The molecule has 1 aromatic carbocycles. The predicted molar refractivity (Wildman–Crippen MR) is 74.3 cm³/mol. The fraction of sp³-hybridized carbons (Fsp3) is 0.500. The van der Waals surface area contributed by atoms with Gasteiger partial charge >= 0.3 is 0 Å². The molecule has 1 aromatic rings. The third-order valence-corrected chi connectivity index (χ3v) is 2.91. The highest BCUT2D eigenvalue weighted by Gasteiger charge is 2.17. The number of benzene rings is 1. The zero-order valence-electron chi connectivity index (χ0n) is 11.7. The summed E-state index contributed by atoms with van der Waals surface area (Å²) in [5.74, 6) is -0.0540. The molecule has 0 saturated carbocycles. The maximum absolute atomic E-state index is 12.3. The smallest absolute Gasteiger partial charge is 0.272 e. The summed E-state index contributed by atoms with van der Waals surface area (Å²) < 4.78 is 0. The first-order chi connectivity index (χ1) is 9.01. The van der Waals surface area contributed by atoms with E-state index in [0.29, 0.717) is 24.2 Å². The number of rotatable bonds is 6. The van der Waals surface area contributed by atoms with Gasteiger partial charge in [0.1, 0.15) is 0 Å². The summed E-state index contributed by atoms with van der Waals surface area (Å²) in [7, 11) is 0. The molecule has 1 rings (SSSR count). The molecule has 0 heterocycles. The number of nitrogens with zero attached hydrogens (tertiary/aromatic N) is 2. The van der Waals surface area contributed by atoms with E-state index in [0.717, 1.165) is 12.8 Å². The molecule has 0 spiro atoms. The average molecular weight is 264 g/mol. The molecule has 0 N–H and O–H groups in total. The van der Waals surface area contributed by atoms with E-state index in [1.54, 1.807) is 17.9 Å². The van der Waals surface area contributed by atoms with Gasteiger partial charge in [-0.2, -0.15) is 0 Å². The molecule has 0 unspecified atom stereocenters. The molecule has 0 saturated heterocycles. The van der Waals surface area contributed by atoms with E-state index in [2.05, 4.69) is 0 Å². The van der Waals surface area contributed by atoms with E-state index >= 15 is 0 Å². The van der Waals surface area contributed by atoms with Gasteiger partial charge in [-0.15, -0.1) is 0 Å². The van der Waals surface area contributed by atoms with Gasteiger partial charge in [-0.05, 0) is 31.9 Å². The van der Waals surface area contributed by atoms with Crippen molar-refractivity contribution in [2.75, 3.05) is 13.1 Å². The van der Waals surface area contributed by atoms with Crippen molar-refractivity contribution >= 4 is 11.6 Å². The van der Waals surface area contributed by atoms with Gasteiger partial charge in [0.15, 0.2) is 0 Å². The second kappa shape index (κ2) is 6.87.